The highest BCUT2D eigenvalue weighted by Crippen LogP contribution is 2.28. The molecule has 1 aliphatic carbocycles. The zero-order chi connectivity index (χ0) is 14.8. The molecule has 1 fully saturated rings. The van der Waals surface area contributed by atoms with Crippen molar-refractivity contribution in [1.29, 1.82) is 0 Å². The summed E-state index contributed by atoms with van der Waals surface area (Å²) in [6, 6.07) is 6.02. The van der Waals surface area contributed by atoms with Crippen molar-refractivity contribution in [1.82, 2.24) is 4.31 Å². The molecule has 1 aromatic carbocycles. The van der Waals surface area contributed by atoms with E-state index >= 15 is 0 Å². The average Bonchev–Trinajstić information content (AvgIpc) is 3.23. The van der Waals surface area contributed by atoms with E-state index in [2.05, 4.69) is 0 Å². The fourth-order valence-electron chi connectivity index (χ4n) is 1.89. The number of carbonyl (C=O) groups excluding carboxylic acids is 1. The summed E-state index contributed by atoms with van der Waals surface area (Å²) in [6.07, 6.45) is 4.64. The predicted octanol–water partition coefficient (Wildman–Crippen LogP) is 2.29. The van der Waals surface area contributed by atoms with Gasteiger partial charge in [-0.1, -0.05) is 29.3 Å². The van der Waals surface area contributed by atoms with E-state index in [1.807, 2.05) is 13.0 Å². The van der Waals surface area contributed by atoms with Crippen LogP contribution in [-0.4, -0.2) is 31.6 Å². The number of hydrogen-bond donors (Lipinski definition) is 0. The SMILES string of the molecule is Cc1ccc(S(=O)(=O)N(CC=C2CC2)[C@@H](C)C=O)cc1. The van der Waals surface area contributed by atoms with Crippen LogP contribution in [0.25, 0.3) is 0 Å². The summed E-state index contributed by atoms with van der Waals surface area (Å²) in [7, 11) is -3.64. The fourth-order valence-corrected chi connectivity index (χ4v) is 3.40. The van der Waals surface area contributed by atoms with E-state index in [-0.39, 0.29) is 11.4 Å². The van der Waals surface area contributed by atoms with Gasteiger partial charge in [0.1, 0.15) is 6.29 Å². The second-order valence-electron chi connectivity index (χ2n) is 5.13. The Labute approximate surface area is 120 Å². The summed E-state index contributed by atoms with van der Waals surface area (Å²) in [4.78, 5) is 11.2. The van der Waals surface area contributed by atoms with Gasteiger partial charge in [0.25, 0.3) is 0 Å². The van der Waals surface area contributed by atoms with Crippen molar-refractivity contribution < 1.29 is 13.2 Å². The van der Waals surface area contributed by atoms with Gasteiger partial charge in [0.2, 0.25) is 10.0 Å². The highest BCUT2D eigenvalue weighted by atomic mass is 32.2. The number of aryl methyl sites for hydroxylation is 1. The number of benzene rings is 1. The number of carbonyl (C=O) groups is 1. The van der Waals surface area contributed by atoms with Gasteiger partial charge in [0.05, 0.1) is 10.9 Å². The van der Waals surface area contributed by atoms with E-state index in [9.17, 15) is 13.2 Å². The maximum absolute atomic E-state index is 12.6. The van der Waals surface area contributed by atoms with Gasteiger partial charge >= 0.3 is 0 Å². The van der Waals surface area contributed by atoms with Crippen molar-refractivity contribution in [3.8, 4) is 0 Å². The van der Waals surface area contributed by atoms with Crippen LogP contribution in [0.15, 0.2) is 40.8 Å². The Kier molecular flexibility index (Phi) is 4.40. The minimum atomic E-state index is -3.64. The molecule has 0 aromatic heterocycles. The van der Waals surface area contributed by atoms with Gasteiger partial charge in [0.15, 0.2) is 0 Å². The lowest BCUT2D eigenvalue weighted by molar-refractivity contribution is -0.110. The van der Waals surface area contributed by atoms with Crippen LogP contribution < -0.4 is 0 Å². The normalized spacial score (nSPS) is 16.1. The van der Waals surface area contributed by atoms with Crippen LogP contribution in [0.3, 0.4) is 0 Å². The van der Waals surface area contributed by atoms with Crippen LogP contribution in [-0.2, 0) is 14.8 Å². The molecule has 1 aliphatic rings. The van der Waals surface area contributed by atoms with Crippen LogP contribution in [0.1, 0.15) is 25.3 Å². The summed E-state index contributed by atoms with van der Waals surface area (Å²) in [6.45, 7) is 3.76. The summed E-state index contributed by atoms with van der Waals surface area (Å²) in [5, 5.41) is 0. The molecule has 0 unspecified atom stereocenters. The second kappa shape index (κ2) is 5.89. The number of allylic oxidation sites excluding steroid dienone is 1. The van der Waals surface area contributed by atoms with Gasteiger partial charge in [0, 0.05) is 6.54 Å². The minimum Gasteiger partial charge on any atom is -0.302 e. The number of rotatable bonds is 6. The molecule has 0 N–H and O–H groups in total. The third kappa shape index (κ3) is 3.35. The van der Waals surface area contributed by atoms with Crippen molar-refractivity contribution >= 4 is 16.3 Å². The Balaban J connectivity index is 2.31. The van der Waals surface area contributed by atoms with Crippen LogP contribution in [0.4, 0.5) is 0 Å². The van der Waals surface area contributed by atoms with E-state index in [1.165, 1.54) is 9.88 Å². The first-order chi connectivity index (χ1) is 9.45. The number of sulfonamides is 1. The third-order valence-electron chi connectivity index (χ3n) is 3.38. The van der Waals surface area contributed by atoms with Crippen molar-refractivity contribution in [2.45, 2.75) is 37.6 Å². The molecule has 0 amide bonds. The zero-order valence-corrected chi connectivity index (χ0v) is 12.6. The lowest BCUT2D eigenvalue weighted by Gasteiger charge is -2.23. The van der Waals surface area contributed by atoms with Crippen LogP contribution in [0.2, 0.25) is 0 Å². The van der Waals surface area contributed by atoms with Crippen LogP contribution in [0.5, 0.6) is 0 Å². The van der Waals surface area contributed by atoms with Gasteiger partial charge in [-0.3, -0.25) is 0 Å². The molecule has 1 aromatic rings. The molecule has 0 radical (unpaired) electrons. The number of nitrogens with zero attached hydrogens (tertiary/aromatic N) is 1. The Morgan fingerprint density at radius 1 is 1.25 bits per heavy atom. The molecule has 5 heteroatoms. The van der Waals surface area contributed by atoms with Gasteiger partial charge in [-0.05, 0) is 38.8 Å². The monoisotopic (exact) mass is 293 g/mol. The zero-order valence-electron chi connectivity index (χ0n) is 11.7. The van der Waals surface area contributed by atoms with E-state index in [1.54, 1.807) is 31.2 Å². The first-order valence-electron chi connectivity index (χ1n) is 6.67. The summed E-state index contributed by atoms with van der Waals surface area (Å²) in [5.41, 5.74) is 2.26. The predicted molar refractivity (Wildman–Crippen MR) is 77.9 cm³/mol. The van der Waals surface area contributed by atoms with Crippen molar-refractivity contribution in [2.24, 2.45) is 0 Å². The summed E-state index contributed by atoms with van der Waals surface area (Å²) in [5.74, 6) is 0. The first-order valence-corrected chi connectivity index (χ1v) is 8.11. The van der Waals surface area contributed by atoms with Gasteiger partial charge in [-0.15, -0.1) is 0 Å². The topological polar surface area (TPSA) is 54.5 Å². The minimum absolute atomic E-state index is 0.228. The molecule has 2 rings (SSSR count). The maximum Gasteiger partial charge on any atom is 0.243 e. The standard InChI is InChI=1S/C15H19NO3S/c1-12-3-7-15(8-4-12)20(18,19)16(13(2)11-17)10-9-14-5-6-14/h3-4,7-9,11,13H,5-6,10H2,1-2H3/t13-/m0/s1. The van der Waals surface area contributed by atoms with E-state index in [0.29, 0.717) is 6.29 Å². The molecule has 1 saturated carbocycles. The largest absolute Gasteiger partial charge is 0.302 e. The molecule has 4 nitrogen and oxygen atoms in total. The maximum atomic E-state index is 12.6. The quantitative estimate of drug-likeness (QED) is 0.597. The van der Waals surface area contributed by atoms with Crippen LogP contribution >= 0.6 is 0 Å². The lowest BCUT2D eigenvalue weighted by atomic mass is 10.2. The first kappa shape index (κ1) is 14.9. The number of aldehydes is 1. The van der Waals surface area contributed by atoms with Crippen molar-refractivity contribution in [3.63, 3.8) is 0 Å². The van der Waals surface area contributed by atoms with E-state index < -0.39 is 16.1 Å². The third-order valence-corrected chi connectivity index (χ3v) is 5.34. The smallest absolute Gasteiger partial charge is 0.243 e. The van der Waals surface area contributed by atoms with Gasteiger partial charge in [-0.2, -0.15) is 4.31 Å². The fraction of sp³-hybridized carbons (Fsp3) is 0.400. The second-order valence-corrected chi connectivity index (χ2v) is 7.02. The van der Waals surface area contributed by atoms with Gasteiger partial charge in [-0.25, -0.2) is 8.42 Å². The summed E-state index contributed by atoms with van der Waals surface area (Å²) < 4.78 is 26.5. The Morgan fingerprint density at radius 3 is 2.35 bits per heavy atom. The lowest BCUT2D eigenvalue weighted by Crippen LogP contribution is -2.39. The molecule has 108 valence electrons. The molecule has 0 saturated heterocycles. The molecule has 0 heterocycles. The molecule has 0 bridgehead atoms. The Bertz CT molecular complexity index is 611. The molecule has 1 atom stereocenters. The van der Waals surface area contributed by atoms with E-state index in [4.69, 9.17) is 0 Å². The number of hydrogen-bond acceptors (Lipinski definition) is 3. The molecule has 0 spiro atoms. The Morgan fingerprint density at radius 2 is 1.85 bits per heavy atom. The van der Waals surface area contributed by atoms with E-state index in [0.717, 1.165) is 18.4 Å². The molecular weight excluding hydrogens is 274 g/mol. The highest BCUT2D eigenvalue weighted by Gasteiger charge is 2.28. The molecule has 20 heavy (non-hydrogen) atoms. The summed E-state index contributed by atoms with van der Waals surface area (Å²) >= 11 is 0. The average molecular weight is 293 g/mol. The van der Waals surface area contributed by atoms with Crippen molar-refractivity contribution in [2.75, 3.05) is 6.54 Å². The molecule has 0 aliphatic heterocycles. The van der Waals surface area contributed by atoms with Crippen LogP contribution in [0, 0.1) is 6.92 Å². The Hall–Kier alpha value is -1.46. The van der Waals surface area contributed by atoms with Crippen molar-refractivity contribution in [3.05, 3.63) is 41.5 Å². The molecular formula is C15H19NO3S. The highest BCUT2D eigenvalue weighted by molar-refractivity contribution is 7.89. The van der Waals surface area contributed by atoms with Gasteiger partial charge < -0.3 is 4.79 Å².